The molecule has 0 aliphatic rings. The second kappa shape index (κ2) is 4.76. The predicted octanol–water partition coefficient (Wildman–Crippen LogP) is -0.886. The van der Waals surface area contributed by atoms with Crippen molar-refractivity contribution < 1.29 is 25.9 Å². The van der Waals surface area contributed by atoms with Gasteiger partial charge in [-0.2, -0.15) is 0 Å². The topological polar surface area (TPSA) is 114 Å². The summed E-state index contributed by atoms with van der Waals surface area (Å²) in [5.74, 6) is 0. The standard InChI is InChI=1S/C6H6O6S2.Mg/c7-13(8,9)5-3-1-2-4-6(5)14(10,11)12;/h1-4H,(H,7,8,9)(H,10,11,12);/q;+2/p-2. The second-order valence-electron chi connectivity index (χ2n) is 2.35. The van der Waals surface area contributed by atoms with Gasteiger partial charge in [0.1, 0.15) is 20.2 Å². The van der Waals surface area contributed by atoms with Crippen molar-refractivity contribution in [2.24, 2.45) is 0 Å². The van der Waals surface area contributed by atoms with E-state index in [4.69, 9.17) is 0 Å². The van der Waals surface area contributed by atoms with Crippen LogP contribution < -0.4 is 0 Å². The molecule has 1 aromatic rings. The fraction of sp³-hybridized carbons (Fsp3) is 0. The van der Waals surface area contributed by atoms with Crippen LogP contribution in [0, 0.1) is 0 Å². The molecule has 78 valence electrons. The van der Waals surface area contributed by atoms with Crippen LogP contribution in [0.5, 0.6) is 0 Å². The Bertz CT molecular complexity index is 496. The summed E-state index contributed by atoms with van der Waals surface area (Å²) in [6.07, 6.45) is 0. The Morgan fingerprint density at radius 2 is 1.07 bits per heavy atom. The Kier molecular flexibility index (Phi) is 4.70. The smallest absolute Gasteiger partial charge is 0.744 e. The summed E-state index contributed by atoms with van der Waals surface area (Å²) in [7, 11) is -9.89. The summed E-state index contributed by atoms with van der Waals surface area (Å²) < 4.78 is 63.2. The second-order valence-corrected chi connectivity index (χ2v) is 5.05. The first kappa shape index (κ1) is 14.8. The van der Waals surface area contributed by atoms with E-state index in [2.05, 4.69) is 0 Å². The van der Waals surface area contributed by atoms with Gasteiger partial charge in [0.25, 0.3) is 0 Å². The van der Waals surface area contributed by atoms with Crippen molar-refractivity contribution in [3.8, 4) is 0 Å². The molecule has 0 unspecified atom stereocenters. The zero-order valence-corrected chi connectivity index (χ0v) is 10.3. The molecule has 0 aliphatic carbocycles. The largest absolute Gasteiger partial charge is 2.00 e. The number of hydrogen-bond donors (Lipinski definition) is 0. The van der Waals surface area contributed by atoms with Crippen molar-refractivity contribution >= 4 is 43.3 Å². The average Bonchev–Trinajstić information content (AvgIpc) is 2.01. The van der Waals surface area contributed by atoms with Crippen LogP contribution in [0.4, 0.5) is 0 Å². The van der Waals surface area contributed by atoms with E-state index >= 15 is 0 Å². The first-order chi connectivity index (χ1) is 6.23. The average molecular weight is 261 g/mol. The Balaban J connectivity index is 0.00000196. The van der Waals surface area contributed by atoms with Crippen molar-refractivity contribution in [2.45, 2.75) is 9.79 Å². The van der Waals surface area contributed by atoms with E-state index < -0.39 is 30.0 Å². The molecule has 0 saturated heterocycles. The predicted molar refractivity (Wildman–Crippen MR) is 48.1 cm³/mol. The quantitative estimate of drug-likeness (QED) is 0.503. The van der Waals surface area contributed by atoms with Gasteiger partial charge in [0.2, 0.25) is 0 Å². The summed E-state index contributed by atoms with van der Waals surface area (Å²) in [6.45, 7) is 0. The molecule has 0 saturated carbocycles. The van der Waals surface area contributed by atoms with Gasteiger partial charge in [0.15, 0.2) is 0 Å². The Morgan fingerprint density at radius 1 is 0.800 bits per heavy atom. The fourth-order valence-corrected chi connectivity index (χ4v) is 2.59. The minimum atomic E-state index is -4.95. The summed E-state index contributed by atoms with van der Waals surface area (Å²) in [4.78, 5) is -2.04. The summed E-state index contributed by atoms with van der Waals surface area (Å²) in [5.41, 5.74) is 0. The van der Waals surface area contributed by atoms with E-state index in [1.165, 1.54) is 0 Å². The van der Waals surface area contributed by atoms with E-state index in [-0.39, 0.29) is 23.1 Å². The molecule has 15 heavy (non-hydrogen) atoms. The molecular weight excluding hydrogens is 256 g/mol. The third-order valence-electron chi connectivity index (χ3n) is 1.39. The molecular formula is C6H4MgO6S2. The monoisotopic (exact) mass is 260 g/mol. The molecule has 0 aliphatic heterocycles. The zero-order chi connectivity index (χ0) is 11.0. The third-order valence-corrected chi connectivity index (χ3v) is 3.31. The summed E-state index contributed by atoms with van der Waals surface area (Å²) in [6, 6.07) is 3.85. The van der Waals surface area contributed by atoms with E-state index in [1.807, 2.05) is 0 Å². The molecule has 9 heteroatoms. The number of benzene rings is 1. The van der Waals surface area contributed by atoms with Crippen LogP contribution in [0.1, 0.15) is 0 Å². The Morgan fingerprint density at radius 3 is 1.27 bits per heavy atom. The van der Waals surface area contributed by atoms with Crippen molar-refractivity contribution in [3.05, 3.63) is 24.3 Å². The Labute approximate surface area is 103 Å². The third kappa shape index (κ3) is 3.70. The van der Waals surface area contributed by atoms with Gasteiger partial charge in [-0.1, -0.05) is 12.1 Å². The molecule has 0 spiro atoms. The van der Waals surface area contributed by atoms with Crippen molar-refractivity contribution in [1.29, 1.82) is 0 Å². The molecule has 0 heterocycles. The first-order valence-corrected chi connectivity index (χ1v) is 6.05. The van der Waals surface area contributed by atoms with Crippen molar-refractivity contribution in [2.75, 3.05) is 0 Å². The van der Waals surface area contributed by atoms with Crippen molar-refractivity contribution in [3.63, 3.8) is 0 Å². The van der Waals surface area contributed by atoms with Crippen LogP contribution in [-0.2, 0) is 20.2 Å². The van der Waals surface area contributed by atoms with Crippen LogP contribution in [-0.4, -0.2) is 49.0 Å². The van der Waals surface area contributed by atoms with E-state index in [0.29, 0.717) is 0 Å². The van der Waals surface area contributed by atoms with E-state index in [0.717, 1.165) is 24.3 Å². The molecule has 0 N–H and O–H groups in total. The van der Waals surface area contributed by atoms with Crippen LogP contribution in [0.2, 0.25) is 0 Å². The fourth-order valence-electron chi connectivity index (χ4n) is 0.863. The van der Waals surface area contributed by atoms with Gasteiger partial charge < -0.3 is 9.11 Å². The molecule has 0 atom stereocenters. The molecule has 0 bridgehead atoms. The molecule has 0 radical (unpaired) electrons. The van der Waals surface area contributed by atoms with Gasteiger partial charge in [0.05, 0.1) is 9.79 Å². The van der Waals surface area contributed by atoms with Crippen molar-refractivity contribution in [1.82, 2.24) is 0 Å². The van der Waals surface area contributed by atoms with Crippen LogP contribution in [0.25, 0.3) is 0 Å². The van der Waals surface area contributed by atoms with Gasteiger partial charge in [-0.3, -0.25) is 0 Å². The minimum absolute atomic E-state index is 0. The van der Waals surface area contributed by atoms with E-state index in [1.54, 1.807) is 0 Å². The number of rotatable bonds is 2. The maximum atomic E-state index is 10.5. The molecule has 0 fully saturated rings. The van der Waals surface area contributed by atoms with Crippen LogP contribution in [0.15, 0.2) is 34.1 Å². The molecule has 1 aromatic carbocycles. The molecule has 6 nitrogen and oxygen atoms in total. The maximum Gasteiger partial charge on any atom is 2.00 e. The Hall–Kier alpha value is -0.194. The minimum Gasteiger partial charge on any atom is -0.744 e. The zero-order valence-electron chi connectivity index (χ0n) is 7.28. The normalized spacial score (nSPS) is 11.9. The van der Waals surface area contributed by atoms with Gasteiger partial charge in [-0.05, 0) is 12.1 Å². The van der Waals surface area contributed by atoms with Gasteiger partial charge >= 0.3 is 23.1 Å². The molecule has 0 amide bonds. The van der Waals surface area contributed by atoms with Gasteiger partial charge in [-0.25, -0.2) is 16.8 Å². The summed E-state index contributed by atoms with van der Waals surface area (Å²) in [5, 5.41) is 0. The first-order valence-electron chi connectivity index (χ1n) is 3.24. The van der Waals surface area contributed by atoms with Gasteiger partial charge in [-0.15, -0.1) is 0 Å². The van der Waals surface area contributed by atoms with Gasteiger partial charge in [0, 0.05) is 0 Å². The number of hydrogen-bond acceptors (Lipinski definition) is 6. The van der Waals surface area contributed by atoms with E-state index in [9.17, 15) is 25.9 Å². The maximum absolute atomic E-state index is 10.5. The SMILES string of the molecule is O=S(=O)([O-])c1ccccc1S(=O)(=O)[O-].[Mg+2]. The van der Waals surface area contributed by atoms with Crippen LogP contribution >= 0.6 is 0 Å². The molecule has 1 rings (SSSR count). The van der Waals surface area contributed by atoms with Crippen LogP contribution in [0.3, 0.4) is 0 Å². The summed E-state index contributed by atoms with van der Waals surface area (Å²) >= 11 is 0. The molecule has 0 aromatic heterocycles.